The van der Waals surface area contributed by atoms with Gasteiger partial charge in [-0.25, -0.2) is 18.4 Å². The van der Waals surface area contributed by atoms with Crippen LogP contribution in [0.25, 0.3) is 0 Å². The molecule has 134 valence electrons. The molecule has 2 heterocycles. The first-order valence-electron chi connectivity index (χ1n) is 7.85. The van der Waals surface area contributed by atoms with Gasteiger partial charge in [-0.3, -0.25) is 4.79 Å². The van der Waals surface area contributed by atoms with Crippen LogP contribution in [-0.4, -0.2) is 73.0 Å². The van der Waals surface area contributed by atoms with Crippen LogP contribution >= 0.6 is 11.6 Å². The molecule has 0 aromatic carbocycles. The summed E-state index contributed by atoms with van der Waals surface area (Å²) < 4.78 is 26.1. The van der Waals surface area contributed by atoms with Crippen LogP contribution in [0.2, 0.25) is 0 Å². The number of aromatic nitrogens is 2. The SMILES string of the molecule is O=C(CCCCl)NCCS(=O)(=O)N1CCN(c2ncccn2)CC1. The number of rotatable bonds is 8. The fraction of sp³-hybridized carbons (Fsp3) is 0.643. The van der Waals surface area contributed by atoms with E-state index < -0.39 is 10.0 Å². The highest BCUT2D eigenvalue weighted by atomic mass is 35.5. The van der Waals surface area contributed by atoms with Crippen molar-refractivity contribution in [3.8, 4) is 0 Å². The summed E-state index contributed by atoms with van der Waals surface area (Å²) in [6, 6.07) is 1.74. The van der Waals surface area contributed by atoms with Gasteiger partial charge in [0.15, 0.2) is 0 Å². The Hall–Kier alpha value is -1.45. The van der Waals surface area contributed by atoms with E-state index in [-0.39, 0.29) is 18.2 Å². The van der Waals surface area contributed by atoms with E-state index in [1.807, 2.05) is 4.90 Å². The lowest BCUT2D eigenvalue weighted by Crippen LogP contribution is -2.50. The first-order chi connectivity index (χ1) is 11.5. The predicted octanol–water partition coefficient (Wildman–Crippen LogP) is 0.0636. The summed E-state index contributed by atoms with van der Waals surface area (Å²) in [5.74, 6) is 0.765. The van der Waals surface area contributed by atoms with Gasteiger partial charge >= 0.3 is 0 Å². The monoisotopic (exact) mass is 375 g/mol. The van der Waals surface area contributed by atoms with E-state index in [0.717, 1.165) is 0 Å². The minimum Gasteiger partial charge on any atom is -0.355 e. The lowest BCUT2D eigenvalue weighted by atomic mass is 10.3. The van der Waals surface area contributed by atoms with E-state index in [0.29, 0.717) is 50.8 Å². The average molecular weight is 376 g/mol. The molecule has 0 spiro atoms. The Bertz CT molecular complexity index is 621. The molecule has 0 atom stereocenters. The van der Waals surface area contributed by atoms with Gasteiger partial charge < -0.3 is 10.2 Å². The second kappa shape index (κ2) is 9.14. The molecule has 1 aliphatic rings. The molecule has 10 heteroatoms. The molecule has 0 unspecified atom stereocenters. The van der Waals surface area contributed by atoms with E-state index in [9.17, 15) is 13.2 Å². The summed E-state index contributed by atoms with van der Waals surface area (Å²) in [4.78, 5) is 21.8. The van der Waals surface area contributed by atoms with Gasteiger partial charge in [0, 0.05) is 57.4 Å². The fourth-order valence-electron chi connectivity index (χ4n) is 2.39. The van der Waals surface area contributed by atoms with Gasteiger partial charge in [-0.05, 0) is 12.5 Å². The molecular weight excluding hydrogens is 354 g/mol. The summed E-state index contributed by atoms with van der Waals surface area (Å²) in [7, 11) is -3.38. The zero-order valence-electron chi connectivity index (χ0n) is 13.4. The Labute approximate surface area is 147 Å². The number of carbonyl (C=O) groups excluding carboxylic acids is 1. The molecule has 0 bridgehead atoms. The van der Waals surface area contributed by atoms with Gasteiger partial charge in [-0.15, -0.1) is 11.6 Å². The second-order valence-electron chi connectivity index (χ2n) is 5.39. The standard InChI is InChI=1S/C14H22ClN5O3S/c15-4-1-3-13(21)16-7-12-24(22,23)20-10-8-19(9-11-20)14-17-5-2-6-18-14/h2,5-6H,1,3-4,7-12H2,(H,16,21). The normalized spacial score (nSPS) is 16.1. The van der Waals surface area contributed by atoms with E-state index in [4.69, 9.17) is 11.6 Å². The lowest BCUT2D eigenvalue weighted by Gasteiger charge is -2.33. The zero-order chi connectivity index (χ0) is 17.4. The van der Waals surface area contributed by atoms with Crippen molar-refractivity contribution in [2.45, 2.75) is 12.8 Å². The maximum atomic E-state index is 12.3. The van der Waals surface area contributed by atoms with Gasteiger partial charge in [0.25, 0.3) is 0 Å². The summed E-state index contributed by atoms with van der Waals surface area (Å²) in [6.45, 7) is 1.99. The van der Waals surface area contributed by atoms with Crippen molar-refractivity contribution in [3.63, 3.8) is 0 Å². The van der Waals surface area contributed by atoms with E-state index in [2.05, 4.69) is 15.3 Å². The van der Waals surface area contributed by atoms with E-state index in [1.54, 1.807) is 18.5 Å². The van der Waals surface area contributed by atoms with Gasteiger partial charge in [0.05, 0.1) is 5.75 Å². The van der Waals surface area contributed by atoms with Crippen LogP contribution in [0.15, 0.2) is 18.5 Å². The summed E-state index contributed by atoms with van der Waals surface area (Å²) in [5, 5.41) is 2.61. The fourth-order valence-corrected chi connectivity index (χ4v) is 3.86. The Kier molecular flexibility index (Phi) is 7.19. The van der Waals surface area contributed by atoms with Gasteiger partial charge in [0.2, 0.25) is 21.9 Å². The van der Waals surface area contributed by atoms with Gasteiger partial charge in [-0.2, -0.15) is 4.31 Å². The molecule has 1 aromatic heterocycles. The number of hydrogen-bond donors (Lipinski definition) is 1. The van der Waals surface area contributed by atoms with Crippen molar-refractivity contribution < 1.29 is 13.2 Å². The van der Waals surface area contributed by atoms with Crippen molar-refractivity contribution in [3.05, 3.63) is 18.5 Å². The number of piperazine rings is 1. The number of nitrogens with zero attached hydrogens (tertiary/aromatic N) is 4. The number of hydrogen-bond acceptors (Lipinski definition) is 6. The number of halogens is 1. The van der Waals surface area contributed by atoms with Crippen LogP contribution in [0.5, 0.6) is 0 Å². The first-order valence-corrected chi connectivity index (χ1v) is 10.00. The molecule has 1 N–H and O–H groups in total. The van der Waals surface area contributed by atoms with Crippen molar-refractivity contribution >= 4 is 33.5 Å². The molecule has 1 amide bonds. The van der Waals surface area contributed by atoms with Crippen molar-refractivity contribution in [2.75, 3.05) is 49.3 Å². The van der Waals surface area contributed by atoms with Gasteiger partial charge in [-0.1, -0.05) is 0 Å². The zero-order valence-corrected chi connectivity index (χ0v) is 15.0. The average Bonchev–Trinajstić information content (AvgIpc) is 2.60. The number of nitrogens with one attached hydrogen (secondary N) is 1. The molecule has 24 heavy (non-hydrogen) atoms. The highest BCUT2D eigenvalue weighted by Gasteiger charge is 2.27. The molecule has 1 aromatic rings. The Morgan fingerprint density at radius 1 is 1.21 bits per heavy atom. The van der Waals surface area contributed by atoms with Crippen LogP contribution in [0, 0.1) is 0 Å². The maximum Gasteiger partial charge on any atom is 0.225 e. The van der Waals surface area contributed by atoms with Crippen LogP contribution in [-0.2, 0) is 14.8 Å². The van der Waals surface area contributed by atoms with Gasteiger partial charge in [0.1, 0.15) is 0 Å². The molecule has 0 aliphatic carbocycles. The highest BCUT2D eigenvalue weighted by molar-refractivity contribution is 7.89. The summed E-state index contributed by atoms with van der Waals surface area (Å²) in [5.41, 5.74) is 0. The number of alkyl halides is 1. The molecule has 8 nitrogen and oxygen atoms in total. The first kappa shape index (κ1) is 18.9. The van der Waals surface area contributed by atoms with Crippen molar-refractivity contribution in [2.24, 2.45) is 0 Å². The predicted molar refractivity (Wildman–Crippen MR) is 92.6 cm³/mol. The molecular formula is C14H22ClN5O3S. The third-order valence-corrected chi connectivity index (χ3v) is 5.83. The molecule has 2 rings (SSSR count). The number of amides is 1. The van der Waals surface area contributed by atoms with Crippen LogP contribution in [0.4, 0.5) is 5.95 Å². The Morgan fingerprint density at radius 2 is 1.88 bits per heavy atom. The van der Waals surface area contributed by atoms with E-state index >= 15 is 0 Å². The van der Waals surface area contributed by atoms with Crippen molar-refractivity contribution in [1.29, 1.82) is 0 Å². The second-order valence-corrected chi connectivity index (χ2v) is 7.86. The molecule has 1 fully saturated rings. The highest BCUT2D eigenvalue weighted by Crippen LogP contribution is 2.12. The van der Waals surface area contributed by atoms with Crippen LogP contribution < -0.4 is 10.2 Å². The number of anilines is 1. The minimum atomic E-state index is -3.38. The third-order valence-electron chi connectivity index (χ3n) is 3.69. The Morgan fingerprint density at radius 3 is 2.50 bits per heavy atom. The van der Waals surface area contributed by atoms with Crippen LogP contribution in [0.1, 0.15) is 12.8 Å². The smallest absolute Gasteiger partial charge is 0.225 e. The summed E-state index contributed by atoms with van der Waals surface area (Å²) >= 11 is 5.51. The molecule has 1 saturated heterocycles. The van der Waals surface area contributed by atoms with E-state index in [1.165, 1.54) is 4.31 Å². The van der Waals surface area contributed by atoms with Crippen molar-refractivity contribution in [1.82, 2.24) is 19.6 Å². The Balaban J connectivity index is 1.76. The maximum absolute atomic E-state index is 12.3. The topological polar surface area (TPSA) is 95.5 Å². The largest absolute Gasteiger partial charge is 0.355 e. The minimum absolute atomic E-state index is 0.0958. The lowest BCUT2D eigenvalue weighted by molar-refractivity contribution is -0.120. The third kappa shape index (κ3) is 5.57. The number of sulfonamides is 1. The quantitative estimate of drug-likeness (QED) is 0.646. The molecule has 0 radical (unpaired) electrons. The molecule has 1 aliphatic heterocycles. The molecule has 0 saturated carbocycles. The van der Waals surface area contributed by atoms with Crippen LogP contribution in [0.3, 0.4) is 0 Å². The number of carbonyl (C=O) groups is 1. The summed E-state index contributed by atoms with van der Waals surface area (Å²) in [6.07, 6.45) is 4.24.